The van der Waals surface area contributed by atoms with Crippen molar-refractivity contribution >= 4 is 17.7 Å². The predicted molar refractivity (Wildman–Crippen MR) is 108 cm³/mol. The van der Waals surface area contributed by atoms with Crippen LogP contribution < -0.4 is 10.2 Å². The van der Waals surface area contributed by atoms with Gasteiger partial charge in [-0.1, -0.05) is 44.7 Å². The van der Waals surface area contributed by atoms with E-state index in [1.807, 2.05) is 29.9 Å². The number of carbonyl (C=O) groups excluding carboxylic acids is 1. The molecule has 0 N–H and O–H groups in total. The van der Waals surface area contributed by atoms with Crippen LogP contribution in [-0.4, -0.2) is 15.5 Å². The molecule has 0 aliphatic rings. The standard InChI is InChI=1S/C21H22N2O4S/c1-21(2,3)15-7-5-14(6-8-15)19(25)27-18-12-26-16(11-17(18)24)13-28-20-22-9-10-23(20)4/h5-12H,13H2,1-4H3. The van der Waals surface area contributed by atoms with Crippen molar-refractivity contribution in [2.75, 3.05) is 0 Å². The van der Waals surface area contributed by atoms with Gasteiger partial charge in [0, 0.05) is 25.5 Å². The van der Waals surface area contributed by atoms with Crippen LogP contribution in [0.4, 0.5) is 0 Å². The molecule has 0 aliphatic carbocycles. The number of benzene rings is 1. The van der Waals surface area contributed by atoms with Gasteiger partial charge in [-0.15, -0.1) is 0 Å². The number of nitrogens with zero attached hydrogens (tertiary/aromatic N) is 2. The van der Waals surface area contributed by atoms with Crippen LogP contribution in [0.5, 0.6) is 5.75 Å². The van der Waals surface area contributed by atoms with Crippen molar-refractivity contribution in [3.8, 4) is 5.75 Å². The lowest BCUT2D eigenvalue weighted by atomic mass is 9.87. The summed E-state index contributed by atoms with van der Waals surface area (Å²) in [7, 11) is 1.89. The molecular formula is C21H22N2O4S. The monoisotopic (exact) mass is 398 g/mol. The average molecular weight is 398 g/mol. The largest absolute Gasteiger partial charge is 0.464 e. The van der Waals surface area contributed by atoms with Gasteiger partial charge in [0.2, 0.25) is 11.2 Å². The molecule has 0 radical (unpaired) electrons. The first-order valence-corrected chi connectivity index (χ1v) is 9.77. The second kappa shape index (κ2) is 8.06. The highest BCUT2D eigenvalue weighted by atomic mass is 32.2. The zero-order chi connectivity index (χ0) is 20.3. The Morgan fingerprint density at radius 1 is 1.25 bits per heavy atom. The Morgan fingerprint density at radius 2 is 1.96 bits per heavy atom. The highest BCUT2D eigenvalue weighted by Gasteiger charge is 2.16. The number of imidazole rings is 1. The molecule has 0 aliphatic heterocycles. The molecule has 3 aromatic rings. The minimum atomic E-state index is -0.595. The molecule has 1 aromatic carbocycles. The van der Waals surface area contributed by atoms with Gasteiger partial charge in [0.05, 0.1) is 11.3 Å². The summed E-state index contributed by atoms with van der Waals surface area (Å²) in [5, 5.41) is 0.817. The molecule has 6 nitrogen and oxygen atoms in total. The van der Waals surface area contributed by atoms with E-state index in [-0.39, 0.29) is 11.2 Å². The quantitative estimate of drug-likeness (QED) is 0.474. The fourth-order valence-corrected chi connectivity index (χ4v) is 3.30. The minimum absolute atomic E-state index is 0.00766. The molecular weight excluding hydrogens is 376 g/mol. The van der Waals surface area contributed by atoms with E-state index < -0.39 is 11.4 Å². The summed E-state index contributed by atoms with van der Waals surface area (Å²) in [6, 6.07) is 8.50. The van der Waals surface area contributed by atoms with E-state index in [4.69, 9.17) is 9.15 Å². The van der Waals surface area contributed by atoms with Crippen molar-refractivity contribution in [2.24, 2.45) is 7.05 Å². The van der Waals surface area contributed by atoms with Gasteiger partial charge in [-0.25, -0.2) is 9.78 Å². The highest BCUT2D eigenvalue weighted by Crippen LogP contribution is 2.23. The zero-order valence-electron chi connectivity index (χ0n) is 16.3. The molecule has 0 saturated heterocycles. The van der Waals surface area contributed by atoms with Crippen molar-refractivity contribution in [3.63, 3.8) is 0 Å². The molecule has 0 saturated carbocycles. The van der Waals surface area contributed by atoms with Crippen molar-refractivity contribution < 1.29 is 13.9 Å². The van der Waals surface area contributed by atoms with E-state index in [1.54, 1.807) is 18.3 Å². The second-order valence-electron chi connectivity index (χ2n) is 7.40. The number of rotatable bonds is 5. The molecule has 0 bridgehead atoms. The third kappa shape index (κ3) is 4.72. The lowest BCUT2D eigenvalue weighted by molar-refractivity contribution is 0.0728. The number of thioether (sulfide) groups is 1. The Labute approximate surface area is 167 Å². The lowest BCUT2D eigenvalue weighted by Gasteiger charge is -2.18. The Balaban J connectivity index is 1.66. The fraction of sp³-hybridized carbons (Fsp3) is 0.286. The van der Waals surface area contributed by atoms with Crippen LogP contribution in [0.1, 0.15) is 42.5 Å². The third-order valence-electron chi connectivity index (χ3n) is 4.16. The molecule has 0 fully saturated rings. The fourth-order valence-electron chi connectivity index (χ4n) is 2.48. The first-order valence-electron chi connectivity index (χ1n) is 8.78. The molecule has 0 spiro atoms. The number of aryl methyl sites for hydroxylation is 1. The van der Waals surface area contributed by atoms with Gasteiger partial charge < -0.3 is 13.7 Å². The maximum absolute atomic E-state index is 12.3. The molecule has 0 atom stereocenters. The van der Waals surface area contributed by atoms with Crippen molar-refractivity contribution in [2.45, 2.75) is 37.1 Å². The summed E-state index contributed by atoms with van der Waals surface area (Å²) in [6.07, 6.45) is 4.72. The normalized spacial score (nSPS) is 11.4. The van der Waals surface area contributed by atoms with E-state index in [0.29, 0.717) is 17.1 Å². The maximum atomic E-state index is 12.3. The van der Waals surface area contributed by atoms with Crippen LogP contribution in [0.3, 0.4) is 0 Å². The summed E-state index contributed by atoms with van der Waals surface area (Å²) in [4.78, 5) is 28.8. The molecule has 2 aromatic heterocycles. The van der Waals surface area contributed by atoms with Crippen LogP contribution in [0.25, 0.3) is 0 Å². The van der Waals surface area contributed by atoms with E-state index in [9.17, 15) is 9.59 Å². The Bertz CT molecular complexity index is 1030. The molecule has 0 amide bonds. The summed E-state index contributed by atoms with van der Waals surface area (Å²) in [5.74, 6) is 0.202. The summed E-state index contributed by atoms with van der Waals surface area (Å²) >= 11 is 1.45. The van der Waals surface area contributed by atoms with Gasteiger partial charge in [0.15, 0.2) is 5.16 Å². The molecule has 0 unspecified atom stereocenters. The number of carbonyl (C=O) groups is 1. The minimum Gasteiger partial charge on any atom is -0.464 e. The van der Waals surface area contributed by atoms with Gasteiger partial charge >= 0.3 is 5.97 Å². The number of ether oxygens (including phenoxy) is 1. The van der Waals surface area contributed by atoms with E-state index in [1.165, 1.54) is 24.1 Å². The van der Waals surface area contributed by atoms with Crippen LogP contribution in [0.15, 0.2) is 63.4 Å². The van der Waals surface area contributed by atoms with E-state index >= 15 is 0 Å². The summed E-state index contributed by atoms with van der Waals surface area (Å²) in [6.45, 7) is 6.29. The Kier molecular flexibility index (Phi) is 5.74. The van der Waals surface area contributed by atoms with Gasteiger partial charge in [-0.3, -0.25) is 4.79 Å². The Morgan fingerprint density at radius 3 is 2.54 bits per heavy atom. The van der Waals surface area contributed by atoms with Crippen molar-refractivity contribution in [1.29, 1.82) is 0 Å². The maximum Gasteiger partial charge on any atom is 0.343 e. The number of esters is 1. The summed E-state index contributed by atoms with van der Waals surface area (Å²) < 4.78 is 12.5. The molecule has 146 valence electrons. The number of hydrogen-bond acceptors (Lipinski definition) is 6. The second-order valence-corrected chi connectivity index (χ2v) is 8.34. The van der Waals surface area contributed by atoms with Crippen LogP contribution in [-0.2, 0) is 18.2 Å². The SMILES string of the molecule is Cn1ccnc1SCc1cc(=O)c(OC(=O)c2ccc(C(C)(C)C)cc2)co1. The van der Waals surface area contributed by atoms with Gasteiger partial charge in [-0.2, -0.15) is 0 Å². The topological polar surface area (TPSA) is 74.3 Å². The molecule has 7 heteroatoms. The number of hydrogen-bond donors (Lipinski definition) is 0. The van der Waals surface area contributed by atoms with E-state index in [0.717, 1.165) is 10.7 Å². The van der Waals surface area contributed by atoms with Crippen molar-refractivity contribution in [1.82, 2.24) is 9.55 Å². The van der Waals surface area contributed by atoms with Gasteiger partial charge in [0.25, 0.3) is 0 Å². The summed E-state index contributed by atoms with van der Waals surface area (Å²) in [5.41, 5.74) is 1.08. The first-order chi connectivity index (χ1) is 13.2. The van der Waals surface area contributed by atoms with Gasteiger partial charge in [-0.05, 0) is 23.1 Å². The highest BCUT2D eigenvalue weighted by molar-refractivity contribution is 7.98. The predicted octanol–water partition coefficient (Wildman–Crippen LogP) is 4.18. The van der Waals surface area contributed by atoms with E-state index in [2.05, 4.69) is 25.8 Å². The molecule has 3 rings (SSSR count). The smallest absolute Gasteiger partial charge is 0.343 e. The zero-order valence-corrected chi connectivity index (χ0v) is 17.1. The number of aromatic nitrogens is 2. The van der Waals surface area contributed by atoms with Crippen LogP contribution in [0, 0.1) is 0 Å². The Hall–Kier alpha value is -2.80. The lowest BCUT2D eigenvalue weighted by Crippen LogP contribution is -2.16. The van der Waals surface area contributed by atoms with Gasteiger partial charge in [0.1, 0.15) is 12.0 Å². The first kappa shape index (κ1) is 19.9. The van der Waals surface area contributed by atoms with Crippen LogP contribution >= 0.6 is 11.8 Å². The molecule has 2 heterocycles. The van der Waals surface area contributed by atoms with Crippen LogP contribution in [0.2, 0.25) is 0 Å². The third-order valence-corrected chi connectivity index (χ3v) is 5.24. The average Bonchev–Trinajstić information content (AvgIpc) is 3.06. The molecule has 28 heavy (non-hydrogen) atoms. The van der Waals surface area contributed by atoms with Crippen molar-refractivity contribution in [3.05, 3.63) is 76.1 Å².